The zero-order chi connectivity index (χ0) is 11.3. The van der Waals surface area contributed by atoms with Gasteiger partial charge < -0.3 is 5.32 Å². The molecule has 0 bridgehead atoms. The average Bonchev–Trinajstić information content (AvgIpc) is 1.99. The minimum absolute atomic E-state index is 0.571. The molecule has 1 saturated carbocycles. The lowest BCUT2D eigenvalue weighted by molar-refractivity contribution is 0.0881. The first-order valence-electron chi connectivity index (χ1n) is 6.79. The highest BCUT2D eigenvalue weighted by molar-refractivity contribution is 4.89. The van der Waals surface area contributed by atoms with E-state index in [-0.39, 0.29) is 0 Å². The predicted octanol–water partition coefficient (Wildman–Crippen LogP) is 3.84. The van der Waals surface area contributed by atoms with E-state index in [0.717, 1.165) is 11.8 Å². The zero-order valence-corrected chi connectivity index (χ0v) is 11.1. The first-order chi connectivity index (χ1) is 7.08. The molecule has 0 radical (unpaired) electrons. The molecule has 1 heteroatoms. The Labute approximate surface area is 96.0 Å². The SMILES string of the molecule is CCCC(C)(CNCC(C)C)C1CCC1. The van der Waals surface area contributed by atoms with Crippen molar-refractivity contribution in [3.8, 4) is 0 Å². The highest BCUT2D eigenvalue weighted by atomic mass is 14.9. The van der Waals surface area contributed by atoms with Crippen molar-refractivity contribution < 1.29 is 0 Å². The third-order valence-corrected chi connectivity index (χ3v) is 3.99. The second-order valence-electron chi connectivity index (χ2n) is 6.06. The van der Waals surface area contributed by atoms with E-state index in [4.69, 9.17) is 0 Å². The monoisotopic (exact) mass is 211 g/mol. The Morgan fingerprint density at radius 1 is 1.33 bits per heavy atom. The molecule has 15 heavy (non-hydrogen) atoms. The van der Waals surface area contributed by atoms with Gasteiger partial charge in [-0.2, -0.15) is 0 Å². The van der Waals surface area contributed by atoms with E-state index < -0.39 is 0 Å². The van der Waals surface area contributed by atoms with Gasteiger partial charge in [0.2, 0.25) is 0 Å². The van der Waals surface area contributed by atoms with Gasteiger partial charge in [-0.3, -0.25) is 0 Å². The van der Waals surface area contributed by atoms with Crippen molar-refractivity contribution in [1.82, 2.24) is 5.32 Å². The van der Waals surface area contributed by atoms with E-state index >= 15 is 0 Å². The van der Waals surface area contributed by atoms with Crippen molar-refractivity contribution >= 4 is 0 Å². The minimum atomic E-state index is 0.571. The summed E-state index contributed by atoms with van der Waals surface area (Å²) in [4.78, 5) is 0. The van der Waals surface area contributed by atoms with Crippen molar-refractivity contribution in [3.05, 3.63) is 0 Å². The molecular formula is C14H29N. The summed E-state index contributed by atoms with van der Waals surface area (Å²) < 4.78 is 0. The molecule has 0 aliphatic heterocycles. The van der Waals surface area contributed by atoms with Gasteiger partial charge in [0.05, 0.1) is 0 Å². The molecule has 1 aliphatic carbocycles. The summed E-state index contributed by atoms with van der Waals surface area (Å²) in [6.07, 6.45) is 7.13. The van der Waals surface area contributed by atoms with Crippen molar-refractivity contribution in [2.24, 2.45) is 17.3 Å². The van der Waals surface area contributed by atoms with Gasteiger partial charge in [0.25, 0.3) is 0 Å². The molecule has 1 fully saturated rings. The van der Waals surface area contributed by atoms with Crippen LogP contribution >= 0.6 is 0 Å². The van der Waals surface area contributed by atoms with Crippen LogP contribution in [0.4, 0.5) is 0 Å². The number of hydrogen-bond acceptors (Lipinski definition) is 1. The molecule has 0 heterocycles. The fraction of sp³-hybridized carbons (Fsp3) is 1.00. The number of nitrogens with one attached hydrogen (secondary N) is 1. The summed E-state index contributed by atoms with van der Waals surface area (Å²) in [6, 6.07) is 0. The molecular weight excluding hydrogens is 182 g/mol. The highest BCUT2D eigenvalue weighted by Gasteiger charge is 2.36. The van der Waals surface area contributed by atoms with Crippen LogP contribution in [0.2, 0.25) is 0 Å². The molecule has 1 N–H and O–H groups in total. The van der Waals surface area contributed by atoms with Gasteiger partial charge in [0, 0.05) is 6.54 Å². The van der Waals surface area contributed by atoms with Crippen LogP contribution in [0.5, 0.6) is 0 Å². The Morgan fingerprint density at radius 2 is 2.00 bits per heavy atom. The highest BCUT2D eigenvalue weighted by Crippen LogP contribution is 2.44. The minimum Gasteiger partial charge on any atom is -0.316 e. The van der Waals surface area contributed by atoms with Crippen molar-refractivity contribution in [3.63, 3.8) is 0 Å². The van der Waals surface area contributed by atoms with Gasteiger partial charge in [-0.1, -0.05) is 40.5 Å². The van der Waals surface area contributed by atoms with Crippen molar-refractivity contribution in [2.75, 3.05) is 13.1 Å². The molecule has 1 atom stereocenters. The lowest BCUT2D eigenvalue weighted by Gasteiger charge is -2.43. The Morgan fingerprint density at radius 3 is 2.40 bits per heavy atom. The van der Waals surface area contributed by atoms with Gasteiger partial charge in [0.15, 0.2) is 0 Å². The molecule has 90 valence electrons. The largest absolute Gasteiger partial charge is 0.316 e. The standard InChI is InChI=1S/C14H29N/c1-5-9-14(4,13-7-6-8-13)11-15-10-12(2)3/h12-13,15H,5-11H2,1-4H3. The summed E-state index contributed by atoms with van der Waals surface area (Å²) in [5.41, 5.74) is 0.571. The number of hydrogen-bond donors (Lipinski definition) is 1. The van der Waals surface area contributed by atoms with Crippen LogP contribution in [0, 0.1) is 17.3 Å². The molecule has 1 rings (SSSR count). The van der Waals surface area contributed by atoms with Gasteiger partial charge >= 0.3 is 0 Å². The van der Waals surface area contributed by atoms with E-state index in [2.05, 4.69) is 33.0 Å². The summed E-state index contributed by atoms with van der Waals surface area (Å²) in [6.45, 7) is 11.8. The van der Waals surface area contributed by atoms with Crippen molar-refractivity contribution in [1.29, 1.82) is 0 Å². The van der Waals surface area contributed by atoms with Crippen molar-refractivity contribution in [2.45, 2.75) is 59.8 Å². The Bertz CT molecular complexity index is 172. The summed E-state index contributed by atoms with van der Waals surface area (Å²) >= 11 is 0. The van der Waals surface area contributed by atoms with Crippen LogP contribution in [-0.4, -0.2) is 13.1 Å². The Hall–Kier alpha value is -0.0400. The maximum atomic E-state index is 3.66. The molecule has 1 nitrogen and oxygen atoms in total. The molecule has 0 amide bonds. The summed E-state index contributed by atoms with van der Waals surface area (Å²) in [5.74, 6) is 1.77. The van der Waals surface area contributed by atoms with E-state index in [0.29, 0.717) is 5.41 Å². The van der Waals surface area contributed by atoms with Gasteiger partial charge in [-0.05, 0) is 43.1 Å². The second-order valence-corrected chi connectivity index (χ2v) is 6.06. The van der Waals surface area contributed by atoms with Crippen LogP contribution in [0.3, 0.4) is 0 Å². The Balaban J connectivity index is 2.34. The Kier molecular flexibility index (Phi) is 5.11. The maximum absolute atomic E-state index is 3.66. The average molecular weight is 211 g/mol. The summed E-state index contributed by atoms with van der Waals surface area (Å²) in [5, 5.41) is 3.66. The first-order valence-corrected chi connectivity index (χ1v) is 6.79. The lowest BCUT2D eigenvalue weighted by atomic mass is 9.64. The fourth-order valence-electron chi connectivity index (χ4n) is 2.76. The smallest absolute Gasteiger partial charge is 0.000792 e. The third-order valence-electron chi connectivity index (χ3n) is 3.99. The van der Waals surface area contributed by atoms with Crippen LogP contribution in [-0.2, 0) is 0 Å². The normalized spacial score (nSPS) is 21.4. The second kappa shape index (κ2) is 5.89. The van der Waals surface area contributed by atoms with E-state index in [1.54, 1.807) is 0 Å². The molecule has 0 aromatic heterocycles. The van der Waals surface area contributed by atoms with E-state index in [1.165, 1.54) is 45.2 Å². The molecule has 0 aromatic rings. The van der Waals surface area contributed by atoms with E-state index in [9.17, 15) is 0 Å². The molecule has 0 saturated heterocycles. The van der Waals surface area contributed by atoms with Crippen LogP contribution in [0.25, 0.3) is 0 Å². The molecule has 1 unspecified atom stereocenters. The van der Waals surface area contributed by atoms with Gasteiger partial charge in [-0.25, -0.2) is 0 Å². The van der Waals surface area contributed by atoms with Crippen LogP contribution in [0.1, 0.15) is 59.8 Å². The summed E-state index contributed by atoms with van der Waals surface area (Å²) in [7, 11) is 0. The lowest BCUT2D eigenvalue weighted by Crippen LogP contribution is -2.42. The quantitative estimate of drug-likeness (QED) is 0.674. The third kappa shape index (κ3) is 3.79. The molecule has 0 aromatic carbocycles. The van der Waals surface area contributed by atoms with Gasteiger partial charge in [0.1, 0.15) is 0 Å². The first kappa shape index (κ1) is 13.0. The zero-order valence-electron chi connectivity index (χ0n) is 11.1. The number of rotatable bonds is 7. The maximum Gasteiger partial charge on any atom is 0.000792 e. The predicted molar refractivity (Wildman–Crippen MR) is 68.1 cm³/mol. The van der Waals surface area contributed by atoms with E-state index in [1.807, 2.05) is 0 Å². The molecule has 0 spiro atoms. The topological polar surface area (TPSA) is 12.0 Å². The van der Waals surface area contributed by atoms with Crippen LogP contribution < -0.4 is 5.32 Å². The molecule has 1 aliphatic rings. The van der Waals surface area contributed by atoms with Crippen LogP contribution in [0.15, 0.2) is 0 Å². The fourth-order valence-corrected chi connectivity index (χ4v) is 2.76. The van der Waals surface area contributed by atoms with Gasteiger partial charge in [-0.15, -0.1) is 0 Å².